The zero-order valence-electron chi connectivity index (χ0n) is 8.66. The number of ether oxygens (including phenoxy) is 2. The van der Waals surface area contributed by atoms with E-state index < -0.39 is 14.8 Å². The molecule has 7 heteroatoms. The molecule has 0 fully saturated rings. The Morgan fingerprint density at radius 3 is 2.12 bits per heavy atom. The first-order chi connectivity index (χ1) is 7.39. The molecule has 0 aliphatic carbocycles. The van der Waals surface area contributed by atoms with Crippen molar-refractivity contribution in [3.05, 3.63) is 22.7 Å². The summed E-state index contributed by atoms with van der Waals surface area (Å²) >= 11 is 5.97. The van der Waals surface area contributed by atoms with Gasteiger partial charge in [-0.05, 0) is 12.1 Å². The molecule has 1 aromatic rings. The van der Waals surface area contributed by atoms with E-state index in [-0.39, 0.29) is 5.02 Å². The summed E-state index contributed by atoms with van der Waals surface area (Å²) in [6.45, 7) is 0. The van der Waals surface area contributed by atoms with Crippen molar-refractivity contribution in [3.8, 4) is 11.5 Å². The van der Waals surface area contributed by atoms with Crippen molar-refractivity contribution in [2.75, 3.05) is 14.2 Å². The lowest BCUT2D eigenvalue weighted by Gasteiger charge is -2.11. The number of hydrogen-bond acceptors (Lipinski definition) is 4. The fraction of sp³-hybridized carbons (Fsp3) is 0.333. The van der Waals surface area contributed by atoms with Crippen molar-refractivity contribution in [1.29, 1.82) is 0 Å². The van der Waals surface area contributed by atoms with Crippen LogP contribution in [0.5, 0.6) is 11.5 Å². The van der Waals surface area contributed by atoms with Crippen LogP contribution in [0.3, 0.4) is 0 Å². The van der Waals surface area contributed by atoms with Gasteiger partial charge < -0.3 is 9.47 Å². The molecule has 4 nitrogen and oxygen atoms in total. The Balaban J connectivity index is 3.32. The van der Waals surface area contributed by atoms with Crippen LogP contribution in [0.1, 0.15) is 5.56 Å². The third-order valence-electron chi connectivity index (χ3n) is 1.92. The Hall–Kier alpha value is -0.650. The molecule has 1 rings (SSSR count). The highest BCUT2D eigenvalue weighted by Gasteiger charge is 2.18. The van der Waals surface area contributed by atoms with E-state index in [4.69, 9.17) is 31.8 Å². The summed E-state index contributed by atoms with van der Waals surface area (Å²) in [6, 6.07) is 3.16. The summed E-state index contributed by atoms with van der Waals surface area (Å²) in [5.74, 6) is 0.320. The predicted molar refractivity (Wildman–Crippen MR) is 63.0 cm³/mol. The lowest BCUT2D eigenvalue weighted by Crippen LogP contribution is -2.01. The first-order valence-corrected chi connectivity index (χ1v) is 7.06. The largest absolute Gasteiger partial charge is 0.496 e. The smallest absolute Gasteiger partial charge is 0.236 e. The molecule has 0 spiro atoms. The molecule has 0 amide bonds. The van der Waals surface area contributed by atoms with E-state index in [9.17, 15) is 8.42 Å². The summed E-state index contributed by atoms with van der Waals surface area (Å²) in [5, 5.41) is 0.186. The van der Waals surface area contributed by atoms with Crippen LogP contribution in [-0.4, -0.2) is 22.6 Å². The van der Waals surface area contributed by atoms with Gasteiger partial charge in [-0.15, -0.1) is 0 Å². The van der Waals surface area contributed by atoms with E-state index in [1.54, 1.807) is 12.1 Å². The standard InChI is InChI=1S/C9H10Cl2O4S/c1-14-7-3-4-8(15-2)9(10)6(7)5-16(11,12)13/h3-4H,5H2,1-2H3. The second-order valence-electron chi connectivity index (χ2n) is 2.95. The second-order valence-corrected chi connectivity index (χ2v) is 6.10. The van der Waals surface area contributed by atoms with Gasteiger partial charge in [0.2, 0.25) is 9.05 Å². The summed E-state index contributed by atoms with van der Waals surface area (Å²) in [6.07, 6.45) is 0. The van der Waals surface area contributed by atoms with Gasteiger partial charge in [0.25, 0.3) is 0 Å². The number of benzene rings is 1. The lowest BCUT2D eigenvalue weighted by molar-refractivity contribution is 0.400. The Labute approximate surface area is 103 Å². The molecule has 0 N–H and O–H groups in total. The molecule has 0 saturated carbocycles. The van der Waals surface area contributed by atoms with Crippen LogP contribution in [0.2, 0.25) is 5.02 Å². The minimum atomic E-state index is -3.71. The van der Waals surface area contributed by atoms with Crippen LogP contribution >= 0.6 is 22.3 Å². The van der Waals surface area contributed by atoms with Crippen LogP contribution in [0.25, 0.3) is 0 Å². The van der Waals surface area contributed by atoms with Gasteiger partial charge in [0.15, 0.2) is 0 Å². The van der Waals surface area contributed by atoms with Crippen molar-refractivity contribution in [1.82, 2.24) is 0 Å². The molecular formula is C9H10Cl2O4S. The Bertz CT molecular complexity index is 485. The SMILES string of the molecule is COc1ccc(OC)c(CS(=O)(=O)Cl)c1Cl. The van der Waals surface area contributed by atoms with Crippen LogP contribution in [0.15, 0.2) is 12.1 Å². The highest BCUT2D eigenvalue weighted by molar-refractivity contribution is 8.13. The summed E-state index contributed by atoms with van der Waals surface area (Å²) in [7, 11) is 4.33. The number of rotatable bonds is 4. The first-order valence-electron chi connectivity index (χ1n) is 4.20. The quantitative estimate of drug-likeness (QED) is 0.797. The second kappa shape index (κ2) is 5.12. The van der Waals surface area contributed by atoms with Gasteiger partial charge in [-0.1, -0.05) is 11.6 Å². The van der Waals surface area contributed by atoms with Gasteiger partial charge in [-0.2, -0.15) is 0 Å². The molecule has 0 saturated heterocycles. The Kier molecular flexibility index (Phi) is 4.29. The molecule has 0 bridgehead atoms. The van der Waals surface area contributed by atoms with Gasteiger partial charge in [-0.3, -0.25) is 0 Å². The third-order valence-corrected chi connectivity index (χ3v) is 3.30. The van der Waals surface area contributed by atoms with Gasteiger partial charge in [-0.25, -0.2) is 8.42 Å². The van der Waals surface area contributed by atoms with Crippen molar-refractivity contribution < 1.29 is 17.9 Å². The van der Waals surface area contributed by atoms with Gasteiger partial charge in [0, 0.05) is 16.2 Å². The van der Waals surface area contributed by atoms with Crippen LogP contribution < -0.4 is 9.47 Å². The Morgan fingerprint density at radius 1 is 1.19 bits per heavy atom. The molecule has 1 aromatic carbocycles. The van der Waals surface area contributed by atoms with E-state index >= 15 is 0 Å². The van der Waals surface area contributed by atoms with Crippen molar-refractivity contribution in [3.63, 3.8) is 0 Å². The fourth-order valence-electron chi connectivity index (χ4n) is 1.24. The average molecular weight is 285 g/mol. The molecule has 0 aromatic heterocycles. The zero-order chi connectivity index (χ0) is 12.3. The maximum absolute atomic E-state index is 11.0. The molecule has 0 aliphatic rings. The topological polar surface area (TPSA) is 52.6 Å². The number of methoxy groups -OCH3 is 2. The van der Waals surface area contributed by atoms with Crippen molar-refractivity contribution in [2.45, 2.75) is 5.75 Å². The van der Waals surface area contributed by atoms with Crippen molar-refractivity contribution in [2.24, 2.45) is 0 Å². The van der Waals surface area contributed by atoms with Gasteiger partial charge in [0.1, 0.15) is 11.5 Å². The van der Waals surface area contributed by atoms with Crippen molar-refractivity contribution >= 4 is 31.3 Å². The third kappa shape index (κ3) is 3.17. The molecule has 0 radical (unpaired) electrons. The van der Waals surface area contributed by atoms with Gasteiger partial charge in [0.05, 0.1) is 25.0 Å². The van der Waals surface area contributed by atoms with E-state index in [0.717, 1.165) is 0 Å². The molecule has 0 unspecified atom stereocenters. The molecule has 16 heavy (non-hydrogen) atoms. The van der Waals surface area contributed by atoms with E-state index in [0.29, 0.717) is 17.1 Å². The lowest BCUT2D eigenvalue weighted by atomic mass is 10.2. The molecule has 0 atom stereocenters. The highest BCUT2D eigenvalue weighted by atomic mass is 35.7. The van der Waals surface area contributed by atoms with Gasteiger partial charge >= 0.3 is 0 Å². The minimum absolute atomic E-state index is 0.186. The van der Waals surface area contributed by atoms with Crippen LogP contribution in [-0.2, 0) is 14.8 Å². The minimum Gasteiger partial charge on any atom is -0.496 e. The monoisotopic (exact) mass is 284 g/mol. The molecular weight excluding hydrogens is 275 g/mol. The van der Waals surface area contributed by atoms with E-state index in [1.807, 2.05) is 0 Å². The first kappa shape index (κ1) is 13.4. The highest BCUT2D eigenvalue weighted by Crippen LogP contribution is 2.36. The summed E-state index contributed by atoms with van der Waals surface area (Å²) in [5.41, 5.74) is 0.290. The fourth-order valence-corrected chi connectivity index (χ4v) is 2.58. The van der Waals surface area contributed by atoms with Crippen LogP contribution in [0.4, 0.5) is 0 Å². The Morgan fingerprint density at radius 2 is 1.69 bits per heavy atom. The molecule has 90 valence electrons. The maximum atomic E-state index is 11.0. The molecule has 0 aliphatic heterocycles. The zero-order valence-corrected chi connectivity index (χ0v) is 11.0. The normalized spacial score (nSPS) is 11.2. The van der Waals surface area contributed by atoms with E-state index in [2.05, 4.69) is 0 Å². The van der Waals surface area contributed by atoms with Crippen LogP contribution in [0, 0.1) is 0 Å². The average Bonchev–Trinajstić information content (AvgIpc) is 2.19. The number of hydrogen-bond donors (Lipinski definition) is 0. The summed E-state index contributed by atoms with van der Waals surface area (Å²) in [4.78, 5) is 0. The predicted octanol–water partition coefficient (Wildman–Crippen LogP) is 2.43. The molecule has 0 heterocycles. The van der Waals surface area contributed by atoms with E-state index in [1.165, 1.54) is 14.2 Å². The maximum Gasteiger partial charge on any atom is 0.236 e. The summed E-state index contributed by atoms with van der Waals surface area (Å²) < 4.78 is 32.0. The number of halogens is 2.